The van der Waals surface area contributed by atoms with Gasteiger partial charge >= 0.3 is 0 Å². The van der Waals surface area contributed by atoms with Crippen LogP contribution in [0.1, 0.15) is 41.7 Å². The van der Waals surface area contributed by atoms with Gasteiger partial charge in [0, 0.05) is 11.1 Å². The van der Waals surface area contributed by atoms with Crippen LogP contribution in [0.3, 0.4) is 0 Å². The predicted octanol–water partition coefficient (Wildman–Crippen LogP) is 6.08. The lowest BCUT2D eigenvalue weighted by Gasteiger charge is -2.19. The van der Waals surface area contributed by atoms with Gasteiger partial charge in [-0.2, -0.15) is 5.10 Å². The van der Waals surface area contributed by atoms with Gasteiger partial charge in [-0.3, -0.25) is 4.79 Å². The molecule has 0 aliphatic carbocycles. The molecule has 0 bridgehead atoms. The lowest BCUT2D eigenvalue weighted by atomic mass is 9.87. The summed E-state index contributed by atoms with van der Waals surface area (Å²) in [7, 11) is 0. The Morgan fingerprint density at radius 1 is 1.07 bits per heavy atom. The highest BCUT2D eigenvalue weighted by atomic mass is 32.1. The van der Waals surface area contributed by atoms with Crippen LogP contribution < -0.4 is 5.32 Å². The molecule has 4 nitrogen and oxygen atoms in total. The van der Waals surface area contributed by atoms with E-state index in [0.29, 0.717) is 4.88 Å². The van der Waals surface area contributed by atoms with Crippen molar-refractivity contribution in [2.75, 3.05) is 5.32 Å². The normalized spacial score (nSPS) is 11.8. The number of rotatable bonds is 3. The molecule has 0 spiro atoms. The van der Waals surface area contributed by atoms with Crippen molar-refractivity contribution in [3.05, 3.63) is 76.5 Å². The van der Waals surface area contributed by atoms with Crippen LogP contribution in [-0.2, 0) is 5.41 Å². The maximum absolute atomic E-state index is 13.2. The average Bonchev–Trinajstić information content (AvgIpc) is 3.23. The number of anilines is 1. The maximum atomic E-state index is 13.2. The third-order valence-electron chi connectivity index (χ3n) is 4.85. The first-order valence-electron chi connectivity index (χ1n) is 9.39. The number of hydrogen-bond acceptors (Lipinski definition) is 3. The minimum atomic E-state index is -0.294. The van der Waals surface area contributed by atoms with E-state index in [-0.39, 0.29) is 17.1 Å². The molecule has 2 aromatic heterocycles. The van der Waals surface area contributed by atoms with Crippen molar-refractivity contribution >= 4 is 33.1 Å². The van der Waals surface area contributed by atoms with Crippen LogP contribution >= 0.6 is 11.3 Å². The van der Waals surface area contributed by atoms with Crippen molar-refractivity contribution in [1.29, 1.82) is 0 Å². The van der Waals surface area contributed by atoms with E-state index in [0.717, 1.165) is 27.3 Å². The highest BCUT2D eigenvalue weighted by Crippen LogP contribution is 2.31. The van der Waals surface area contributed by atoms with Crippen molar-refractivity contribution in [2.45, 2.75) is 33.1 Å². The average molecular weight is 408 g/mol. The van der Waals surface area contributed by atoms with E-state index in [2.05, 4.69) is 31.2 Å². The molecule has 1 N–H and O–H groups in total. The Morgan fingerprint density at radius 2 is 1.72 bits per heavy atom. The van der Waals surface area contributed by atoms with Crippen LogP contribution in [0, 0.1) is 12.7 Å². The van der Waals surface area contributed by atoms with Gasteiger partial charge in [0.15, 0.2) is 0 Å². The van der Waals surface area contributed by atoms with E-state index in [9.17, 15) is 9.18 Å². The van der Waals surface area contributed by atoms with Gasteiger partial charge < -0.3 is 5.32 Å². The maximum Gasteiger partial charge on any atom is 0.265 e. The molecule has 0 radical (unpaired) electrons. The molecule has 0 aliphatic rings. The summed E-state index contributed by atoms with van der Waals surface area (Å²) in [4.78, 5) is 14.3. The minimum Gasteiger partial charge on any atom is -0.321 e. The first kappa shape index (κ1) is 19.3. The first-order chi connectivity index (χ1) is 13.7. The molecular formula is C23H22FN3OS. The van der Waals surface area contributed by atoms with Crippen LogP contribution in [-0.4, -0.2) is 15.7 Å². The molecule has 148 valence electrons. The second kappa shape index (κ2) is 7.12. The van der Waals surface area contributed by atoms with Crippen molar-refractivity contribution in [2.24, 2.45) is 0 Å². The van der Waals surface area contributed by atoms with Gasteiger partial charge in [0.2, 0.25) is 0 Å². The molecule has 4 rings (SSSR count). The SMILES string of the molecule is Cc1nn(-c2ccc(F)cc2)c2sc(C(=O)Nc3ccc(C(C)(C)C)cc3)cc12. The number of nitrogens with zero attached hydrogens (tertiary/aromatic N) is 2. The first-order valence-corrected chi connectivity index (χ1v) is 10.2. The van der Waals surface area contributed by atoms with Gasteiger partial charge in [0.05, 0.1) is 16.3 Å². The molecule has 0 fully saturated rings. The number of fused-ring (bicyclic) bond motifs is 1. The fourth-order valence-corrected chi connectivity index (χ4v) is 4.24. The molecule has 2 heterocycles. The van der Waals surface area contributed by atoms with Crippen LogP contribution in [0.25, 0.3) is 15.9 Å². The summed E-state index contributed by atoms with van der Waals surface area (Å²) in [6.07, 6.45) is 0. The quantitative estimate of drug-likeness (QED) is 0.447. The smallest absolute Gasteiger partial charge is 0.265 e. The zero-order chi connectivity index (χ0) is 20.8. The van der Waals surface area contributed by atoms with Gasteiger partial charge in [-0.25, -0.2) is 9.07 Å². The molecule has 0 saturated carbocycles. The van der Waals surface area contributed by atoms with Gasteiger partial charge in [0.25, 0.3) is 5.91 Å². The number of carbonyl (C=O) groups excluding carboxylic acids is 1. The summed E-state index contributed by atoms with van der Waals surface area (Å²) in [5.74, 6) is -0.447. The van der Waals surface area contributed by atoms with E-state index < -0.39 is 0 Å². The number of benzene rings is 2. The third kappa shape index (κ3) is 3.80. The number of aryl methyl sites for hydroxylation is 1. The molecule has 4 aromatic rings. The van der Waals surface area contributed by atoms with E-state index in [4.69, 9.17) is 0 Å². The Balaban J connectivity index is 1.62. The van der Waals surface area contributed by atoms with E-state index in [1.54, 1.807) is 16.8 Å². The van der Waals surface area contributed by atoms with Crippen molar-refractivity contribution < 1.29 is 9.18 Å². The lowest BCUT2D eigenvalue weighted by molar-refractivity contribution is 0.103. The molecule has 1 amide bonds. The summed E-state index contributed by atoms with van der Waals surface area (Å²) in [6.45, 7) is 8.38. The summed E-state index contributed by atoms with van der Waals surface area (Å²) in [5, 5.41) is 8.43. The molecule has 6 heteroatoms. The molecule has 0 unspecified atom stereocenters. The van der Waals surface area contributed by atoms with Gasteiger partial charge in [-0.1, -0.05) is 32.9 Å². The molecule has 29 heavy (non-hydrogen) atoms. The fraction of sp³-hybridized carbons (Fsp3) is 0.217. The van der Waals surface area contributed by atoms with Crippen LogP contribution in [0.2, 0.25) is 0 Å². The second-order valence-electron chi connectivity index (χ2n) is 8.08. The van der Waals surface area contributed by atoms with Crippen molar-refractivity contribution in [3.8, 4) is 5.69 Å². The summed E-state index contributed by atoms with van der Waals surface area (Å²) in [6, 6.07) is 16.0. The number of amides is 1. The van der Waals surface area contributed by atoms with E-state index in [1.807, 2.05) is 37.3 Å². The van der Waals surface area contributed by atoms with E-state index >= 15 is 0 Å². The summed E-state index contributed by atoms with van der Waals surface area (Å²) >= 11 is 1.37. The zero-order valence-electron chi connectivity index (χ0n) is 16.8. The third-order valence-corrected chi connectivity index (χ3v) is 5.96. The highest BCUT2D eigenvalue weighted by molar-refractivity contribution is 7.20. The van der Waals surface area contributed by atoms with E-state index in [1.165, 1.54) is 29.0 Å². The zero-order valence-corrected chi connectivity index (χ0v) is 17.6. The molecular weight excluding hydrogens is 385 g/mol. The van der Waals surface area contributed by atoms with Gasteiger partial charge in [-0.15, -0.1) is 11.3 Å². The van der Waals surface area contributed by atoms with Crippen molar-refractivity contribution in [1.82, 2.24) is 9.78 Å². The Hall–Kier alpha value is -2.99. The lowest BCUT2D eigenvalue weighted by Crippen LogP contribution is -2.12. The Morgan fingerprint density at radius 3 is 2.34 bits per heavy atom. The summed E-state index contributed by atoms with van der Waals surface area (Å²) in [5.41, 5.74) is 3.63. The molecule has 0 atom stereocenters. The highest BCUT2D eigenvalue weighted by Gasteiger charge is 2.18. The standard InChI is InChI=1S/C23H22FN3OS/c1-14-19-13-20(21(28)25-17-9-5-15(6-10-17)23(2,3)4)29-22(19)27(26-14)18-11-7-16(24)8-12-18/h5-13H,1-4H3,(H,25,28). The van der Waals surface area contributed by atoms with Crippen LogP contribution in [0.5, 0.6) is 0 Å². The number of carbonyl (C=O) groups is 1. The van der Waals surface area contributed by atoms with Crippen LogP contribution in [0.4, 0.5) is 10.1 Å². The predicted molar refractivity (Wildman–Crippen MR) is 117 cm³/mol. The second-order valence-corrected chi connectivity index (χ2v) is 9.12. The van der Waals surface area contributed by atoms with Gasteiger partial charge in [-0.05, 0) is 60.4 Å². The fourth-order valence-electron chi connectivity index (χ4n) is 3.16. The Labute approximate surface area is 173 Å². The van der Waals surface area contributed by atoms with Crippen LogP contribution in [0.15, 0.2) is 54.6 Å². The number of halogens is 1. The minimum absolute atomic E-state index is 0.0672. The molecule has 2 aromatic carbocycles. The number of nitrogens with one attached hydrogen (secondary N) is 1. The Kier molecular flexibility index (Phi) is 4.74. The number of thiophene rings is 1. The van der Waals surface area contributed by atoms with Crippen molar-refractivity contribution in [3.63, 3.8) is 0 Å². The molecule has 0 aliphatic heterocycles. The molecule has 0 saturated heterocycles. The number of aromatic nitrogens is 2. The topological polar surface area (TPSA) is 46.9 Å². The largest absolute Gasteiger partial charge is 0.321 e. The van der Waals surface area contributed by atoms with Gasteiger partial charge in [0.1, 0.15) is 10.6 Å². The Bertz CT molecular complexity index is 1180. The monoisotopic (exact) mass is 407 g/mol. The number of hydrogen-bond donors (Lipinski definition) is 1. The summed E-state index contributed by atoms with van der Waals surface area (Å²) < 4.78 is 15.0.